The quantitative estimate of drug-likeness (QED) is 0.399. The van der Waals surface area contributed by atoms with Crippen molar-refractivity contribution in [1.82, 2.24) is 19.9 Å². The van der Waals surface area contributed by atoms with Crippen LogP contribution in [0.1, 0.15) is 49.8 Å². The number of nitrogens with zero attached hydrogens (tertiary/aromatic N) is 4. The van der Waals surface area contributed by atoms with Gasteiger partial charge in [-0.05, 0) is 57.1 Å². The maximum atomic E-state index is 11.4. The molecule has 2 saturated carbocycles. The predicted octanol–water partition coefficient (Wildman–Crippen LogP) is 5.13. The Kier molecular flexibility index (Phi) is 7.01. The highest BCUT2D eigenvalue weighted by molar-refractivity contribution is 7.19. The molecule has 0 unspecified atom stereocenters. The van der Waals surface area contributed by atoms with Crippen molar-refractivity contribution in [1.29, 1.82) is 0 Å². The van der Waals surface area contributed by atoms with Crippen LogP contribution in [-0.2, 0) is 11.3 Å². The van der Waals surface area contributed by atoms with Crippen LogP contribution in [0.2, 0.25) is 4.34 Å². The van der Waals surface area contributed by atoms with Gasteiger partial charge in [0.15, 0.2) is 11.6 Å². The average molecular weight is 516 g/mol. The van der Waals surface area contributed by atoms with Gasteiger partial charge in [0, 0.05) is 18.8 Å². The molecule has 5 rings (SSSR count). The van der Waals surface area contributed by atoms with Crippen LogP contribution in [0.25, 0.3) is 10.7 Å². The lowest BCUT2D eigenvalue weighted by molar-refractivity contribution is -0.143. The van der Waals surface area contributed by atoms with Crippen molar-refractivity contribution < 1.29 is 19.4 Å². The van der Waals surface area contributed by atoms with Crippen molar-refractivity contribution in [3.63, 3.8) is 0 Å². The summed E-state index contributed by atoms with van der Waals surface area (Å²) in [7, 11) is 0. The van der Waals surface area contributed by atoms with Gasteiger partial charge in [-0.1, -0.05) is 11.6 Å². The van der Waals surface area contributed by atoms with Crippen LogP contribution in [0.4, 0.5) is 5.95 Å². The zero-order valence-corrected chi connectivity index (χ0v) is 20.8. The first-order valence-electron chi connectivity index (χ1n) is 11.7. The van der Waals surface area contributed by atoms with Crippen molar-refractivity contribution in [3.8, 4) is 22.3 Å². The minimum atomic E-state index is -0.759. The lowest BCUT2D eigenvalue weighted by Gasteiger charge is -2.27. The van der Waals surface area contributed by atoms with E-state index in [1.54, 1.807) is 18.5 Å². The van der Waals surface area contributed by atoms with Crippen LogP contribution >= 0.6 is 22.9 Å². The molecule has 2 aliphatic rings. The Morgan fingerprint density at radius 2 is 2.06 bits per heavy atom. The topological polar surface area (TPSA) is 119 Å². The second kappa shape index (κ2) is 10.3. The molecule has 0 aromatic carbocycles. The average Bonchev–Trinajstić information content (AvgIpc) is 3.58. The third-order valence-corrected chi connectivity index (χ3v) is 7.37. The molecule has 9 nitrogen and oxygen atoms in total. The van der Waals surface area contributed by atoms with Gasteiger partial charge in [-0.25, -0.2) is 15.0 Å². The second-order valence-corrected chi connectivity index (χ2v) is 10.6. The number of thiophene rings is 1. The largest absolute Gasteiger partial charge is 0.487 e. The first-order chi connectivity index (χ1) is 16.9. The molecular weight excluding hydrogens is 490 g/mol. The maximum Gasteiger partial charge on any atom is 0.306 e. The minimum absolute atomic E-state index is 0.145. The summed E-state index contributed by atoms with van der Waals surface area (Å²) in [6.07, 6.45) is 8.45. The zero-order valence-electron chi connectivity index (χ0n) is 19.2. The van der Waals surface area contributed by atoms with Crippen molar-refractivity contribution >= 4 is 34.9 Å². The summed E-state index contributed by atoms with van der Waals surface area (Å²) in [6, 6.07) is 3.64. The zero-order chi connectivity index (χ0) is 24.4. The van der Waals surface area contributed by atoms with E-state index in [4.69, 9.17) is 21.1 Å². The molecule has 3 aromatic heterocycles. The van der Waals surface area contributed by atoms with Crippen LogP contribution in [0, 0.1) is 12.8 Å². The Balaban J connectivity index is 1.27. The predicted molar refractivity (Wildman–Crippen MR) is 132 cm³/mol. The Morgan fingerprint density at radius 1 is 1.20 bits per heavy atom. The van der Waals surface area contributed by atoms with E-state index in [0.717, 1.165) is 36.1 Å². The number of rotatable bonds is 9. The molecule has 2 aliphatic carbocycles. The Hall–Kier alpha value is -2.98. The Labute approximate surface area is 211 Å². The number of aryl methyl sites for hydroxylation is 1. The van der Waals surface area contributed by atoms with E-state index in [0.29, 0.717) is 52.8 Å². The molecule has 0 amide bonds. The molecule has 0 bridgehead atoms. The van der Waals surface area contributed by atoms with Gasteiger partial charge < -0.3 is 19.9 Å². The lowest BCUT2D eigenvalue weighted by Crippen LogP contribution is -2.29. The van der Waals surface area contributed by atoms with Crippen molar-refractivity contribution in [2.75, 3.05) is 5.32 Å². The van der Waals surface area contributed by atoms with Gasteiger partial charge in [0.05, 0.1) is 33.1 Å². The molecule has 0 aliphatic heterocycles. The van der Waals surface area contributed by atoms with Gasteiger partial charge >= 0.3 is 5.97 Å². The first kappa shape index (κ1) is 23.7. The standard InChI is InChI=1S/C24H26ClN5O4S/c1-13-18(33-17-4-2-3-14(9-17)23(31)32)12-27-22(29-13)21-15(10-19(25)35-21)11-28-24-26-8-7-20(30-24)34-16-5-6-16/h7-8,10,12,14,16-17H,2-6,9,11H2,1H3,(H,31,32)(H,26,28,30)/t14-,17-/m0/s1. The highest BCUT2D eigenvalue weighted by Crippen LogP contribution is 2.36. The number of ether oxygens (including phenoxy) is 2. The number of nitrogens with one attached hydrogen (secondary N) is 1. The van der Waals surface area contributed by atoms with E-state index in [2.05, 4.69) is 25.3 Å². The molecule has 35 heavy (non-hydrogen) atoms. The van der Waals surface area contributed by atoms with Gasteiger partial charge in [-0.15, -0.1) is 11.3 Å². The van der Waals surface area contributed by atoms with Gasteiger partial charge in [0.25, 0.3) is 0 Å². The number of aliphatic carboxylic acids is 1. The monoisotopic (exact) mass is 515 g/mol. The molecule has 0 radical (unpaired) electrons. The van der Waals surface area contributed by atoms with E-state index in [9.17, 15) is 9.90 Å². The molecule has 2 N–H and O–H groups in total. The van der Waals surface area contributed by atoms with Crippen molar-refractivity contribution in [3.05, 3.63) is 40.1 Å². The number of anilines is 1. The number of hydrogen-bond donors (Lipinski definition) is 2. The summed E-state index contributed by atoms with van der Waals surface area (Å²) in [6.45, 7) is 2.31. The van der Waals surface area contributed by atoms with Gasteiger partial charge in [-0.2, -0.15) is 4.98 Å². The third-order valence-electron chi connectivity index (χ3n) is 6.06. The third kappa shape index (κ3) is 5.99. The summed E-state index contributed by atoms with van der Waals surface area (Å²) in [5.41, 5.74) is 1.63. The number of carbonyl (C=O) groups is 1. The molecule has 2 fully saturated rings. The van der Waals surface area contributed by atoms with Crippen LogP contribution in [0.5, 0.6) is 11.6 Å². The molecule has 0 saturated heterocycles. The SMILES string of the molecule is Cc1nc(-c2sc(Cl)cc2CNc2nccc(OC3CC3)n2)ncc1O[C@H]1CCC[C@H](C(=O)O)C1. The van der Waals surface area contributed by atoms with Crippen molar-refractivity contribution in [2.24, 2.45) is 5.92 Å². The highest BCUT2D eigenvalue weighted by Gasteiger charge is 2.29. The molecule has 11 heteroatoms. The van der Waals surface area contributed by atoms with Crippen molar-refractivity contribution in [2.45, 2.75) is 64.2 Å². The second-order valence-electron chi connectivity index (χ2n) is 8.88. The maximum absolute atomic E-state index is 11.4. The first-order valence-corrected chi connectivity index (χ1v) is 12.9. The summed E-state index contributed by atoms with van der Waals surface area (Å²) in [4.78, 5) is 30.1. The summed E-state index contributed by atoms with van der Waals surface area (Å²) in [5, 5.41) is 12.6. The van der Waals surface area contributed by atoms with E-state index >= 15 is 0 Å². The number of carboxylic acids is 1. The number of aromatic nitrogens is 4. The van der Waals surface area contributed by atoms with Gasteiger partial charge in [-0.3, -0.25) is 4.79 Å². The fourth-order valence-electron chi connectivity index (χ4n) is 4.08. The van der Waals surface area contributed by atoms with Crippen LogP contribution in [-0.4, -0.2) is 43.2 Å². The Bertz CT molecular complexity index is 1220. The summed E-state index contributed by atoms with van der Waals surface area (Å²) < 4.78 is 12.5. The summed E-state index contributed by atoms with van der Waals surface area (Å²) in [5.74, 6) is 1.06. The molecule has 184 valence electrons. The molecule has 3 heterocycles. The van der Waals surface area contributed by atoms with Gasteiger partial charge in [0.2, 0.25) is 11.8 Å². The fraction of sp³-hybridized carbons (Fsp3) is 0.458. The van der Waals surface area contributed by atoms with E-state index in [1.165, 1.54) is 11.3 Å². The normalized spacial score (nSPS) is 19.8. The molecule has 3 aromatic rings. The lowest BCUT2D eigenvalue weighted by atomic mass is 9.87. The molecule has 0 spiro atoms. The van der Waals surface area contributed by atoms with Crippen LogP contribution in [0.15, 0.2) is 24.5 Å². The highest BCUT2D eigenvalue weighted by atomic mass is 35.5. The Morgan fingerprint density at radius 3 is 2.83 bits per heavy atom. The fourth-order valence-corrected chi connectivity index (χ4v) is 5.29. The van der Waals surface area contributed by atoms with Crippen LogP contribution < -0.4 is 14.8 Å². The molecular formula is C24H26ClN5O4S. The van der Waals surface area contributed by atoms with E-state index in [-0.39, 0.29) is 18.1 Å². The molecule has 2 atom stereocenters. The van der Waals surface area contributed by atoms with Crippen LogP contribution in [0.3, 0.4) is 0 Å². The van der Waals surface area contributed by atoms with E-state index < -0.39 is 5.97 Å². The smallest absolute Gasteiger partial charge is 0.306 e. The minimum Gasteiger partial charge on any atom is -0.487 e. The summed E-state index contributed by atoms with van der Waals surface area (Å²) >= 11 is 7.74. The number of hydrogen-bond acceptors (Lipinski definition) is 9. The van der Waals surface area contributed by atoms with Gasteiger partial charge in [0.1, 0.15) is 6.10 Å². The van der Waals surface area contributed by atoms with E-state index in [1.807, 2.05) is 13.0 Å². The number of halogens is 1. The number of carboxylic acid groups (broad SMARTS) is 1.